The van der Waals surface area contributed by atoms with Crippen molar-refractivity contribution < 1.29 is 18.8 Å². The number of carbonyl (C=O) groups is 1. The molecular weight excluding hydrogens is 386 g/mol. The predicted octanol–water partition coefficient (Wildman–Crippen LogP) is 6.54. The van der Waals surface area contributed by atoms with E-state index in [9.17, 15) is 4.79 Å². The molecule has 0 aliphatic rings. The second kappa shape index (κ2) is 14.7. The van der Waals surface area contributed by atoms with Gasteiger partial charge in [0.15, 0.2) is 11.5 Å². The summed E-state index contributed by atoms with van der Waals surface area (Å²) >= 11 is 6.25. The molecule has 0 unspecified atom stereocenters. The van der Waals surface area contributed by atoms with Crippen molar-refractivity contribution in [1.29, 1.82) is 0 Å². The quantitative estimate of drug-likeness (QED) is 0.161. The molecular formula is C24H41ClNO3+. The molecule has 0 amide bonds. The van der Waals surface area contributed by atoms with E-state index >= 15 is 0 Å². The second-order valence-electron chi connectivity index (χ2n) is 8.57. The first-order valence-corrected chi connectivity index (χ1v) is 11.6. The largest absolute Gasteiger partial charge is 0.493 e. The van der Waals surface area contributed by atoms with Crippen molar-refractivity contribution in [2.24, 2.45) is 0 Å². The van der Waals surface area contributed by atoms with Crippen LogP contribution in [0.4, 0.5) is 0 Å². The van der Waals surface area contributed by atoms with Crippen molar-refractivity contribution in [2.75, 3.05) is 40.9 Å². The molecule has 0 aliphatic carbocycles. The number of benzene rings is 1. The number of quaternary nitrogens is 1. The zero-order valence-corrected chi connectivity index (χ0v) is 19.7. The lowest BCUT2D eigenvalue weighted by atomic mass is 10.1. The second-order valence-corrected chi connectivity index (χ2v) is 8.97. The normalized spacial score (nSPS) is 11.5. The van der Waals surface area contributed by atoms with E-state index in [4.69, 9.17) is 21.1 Å². The smallest absolute Gasteiger partial charge is 0.180 e. The Morgan fingerprint density at radius 3 is 2.07 bits per heavy atom. The topological polar surface area (TPSA) is 35.5 Å². The minimum absolute atomic E-state index is 0.409. The highest BCUT2D eigenvalue weighted by molar-refractivity contribution is 6.32. The molecule has 1 rings (SSSR count). The molecule has 4 nitrogen and oxygen atoms in total. The zero-order chi connectivity index (χ0) is 21.5. The maximum absolute atomic E-state index is 11.0. The average molecular weight is 427 g/mol. The third-order valence-electron chi connectivity index (χ3n) is 5.45. The Balaban J connectivity index is 2.23. The number of ether oxygens (including phenoxy) is 2. The number of hydrogen-bond donors (Lipinski definition) is 0. The SMILES string of the molecule is CCCCCCCCCCCC[N+](C)(C)CCOc1c(Cl)cc(C=O)cc1OC. The first-order chi connectivity index (χ1) is 13.9. The summed E-state index contributed by atoms with van der Waals surface area (Å²) in [5, 5.41) is 0.409. The number of carbonyl (C=O) groups excluding carboxylic acids is 1. The number of likely N-dealkylation sites (N-methyl/N-ethyl adjacent to an activating group) is 1. The molecule has 0 fully saturated rings. The third-order valence-corrected chi connectivity index (χ3v) is 5.73. The van der Waals surface area contributed by atoms with Gasteiger partial charge in [-0.2, -0.15) is 0 Å². The molecule has 0 spiro atoms. The Hall–Kier alpha value is -1.26. The predicted molar refractivity (Wildman–Crippen MR) is 123 cm³/mol. The van der Waals surface area contributed by atoms with Crippen molar-refractivity contribution in [3.8, 4) is 11.5 Å². The van der Waals surface area contributed by atoms with E-state index < -0.39 is 0 Å². The first-order valence-electron chi connectivity index (χ1n) is 11.2. The van der Waals surface area contributed by atoms with E-state index in [1.165, 1.54) is 64.2 Å². The minimum Gasteiger partial charge on any atom is -0.493 e. The Bertz CT molecular complexity index is 590. The van der Waals surface area contributed by atoms with Gasteiger partial charge in [-0.25, -0.2) is 0 Å². The fourth-order valence-electron chi connectivity index (χ4n) is 3.48. The van der Waals surface area contributed by atoms with Crippen molar-refractivity contribution in [3.63, 3.8) is 0 Å². The Morgan fingerprint density at radius 1 is 0.931 bits per heavy atom. The molecule has 0 atom stereocenters. The van der Waals surface area contributed by atoms with Crippen LogP contribution >= 0.6 is 11.6 Å². The van der Waals surface area contributed by atoms with Gasteiger partial charge in [0.05, 0.1) is 32.8 Å². The summed E-state index contributed by atoms with van der Waals surface area (Å²) in [4.78, 5) is 11.0. The molecule has 1 aromatic carbocycles. The van der Waals surface area contributed by atoms with Gasteiger partial charge in [-0.1, -0.05) is 69.9 Å². The van der Waals surface area contributed by atoms with Crippen LogP contribution in [0.2, 0.25) is 5.02 Å². The maximum atomic E-state index is 11.0. The van der Waals surface area contributed by atoms with E-state index in [0.717, 1.165) is 23.9 Å². The summed E-state index contributed by atoms with van der Waals surface area (Å²) < 4.78 is 12.1. The first kappa shape index (κ1) is 25.8. The molecule has 5 heteroatoms. The van der Waals surface area contributed by atoms with Gasteiger partial charge in [0.2, 0.25) is 0 Å². The molecule has 0 radical (unpaired) electrons. The van der Waals surface area contributed by atoms with Crippen LogP contribution in [0.1, 0.15) is 81.5 Å². The highest BCUT2D eigenvalue weighted by Crippen LogP contribution is 2.36. The van der Waals surface area contributed by atoms with E-state index in [0.29, 0.717) is 28.7 Å². The van der Waals surface area contributed by atoms with Crippen molar-refractivity contribution in [3.05, 3.63) is 22.7 Å². The molecule has 0 saturated carbocycles. The van der Waals surface area contributed by atoms with Gasteiger partial charge in [0.25, 0.3) is 0 Å². The Labute approximate surface area is 183 Å². The van der Waals surface area contributed by atoms with Gasteiger partial charge in [0, 0.05) is 5.56 Å². The maximum Gasteiger partial charge on any atom is 0.180 e. The standard InChI is InChI=1S/C24H41ClNO3/c1-5-6-7-8-9-10-11-12-13-14-15-26(2,3)16-17-29-24-22(25)18-21(20-27)19-23(24)28-4/h18-20H,5-17H2,1-4H3/q+1. The number of halogens is 1. The summed E-state index contributed by atoms with van der Waals surface area (Å²) in [7, 11) is 6.04. The van der Waals surface area contributed by atoms with Crippen molar-refractivity contribution >= 4 is 17.9 Å². The molecule has 0 N–H and O–H groups in total. The Morgan fingerprint density at radius 2 is 1.52 bits per heavy atom. The monoisotopic (exact) mass is 426 g/mol. The fraction of sp³-hybridized carbons (Fsp3) is 0.708. The Kier molecular flexibility index (Phi) is 13.0. The summed E-state index contributed by atoms with van der Waals surface area (Å²) in [6.07, 6.45) is 14.4. The van der Waals surface area contributed by atoms with Crippen LogP contribution in [0, 0.1) is 0 Å². The minimum atomic E-state index is 0.409. The number of unbranched alkanes of at least 4 members (excludes halogenated alkanes) is 9. The number of hydrogen-bond acceptors (Lipinski definition) is 3. The van der Waals surface area contributed by atoms with Gasteiger partial charge in [-0.15, -0.1) is 0 Å². The van der Waals surface area contributed by atoms with Crippen LogP contribution in [-0.2, 0) is 0 Å². The van der Waals surface area contributed by atoms with Gasteiger partial charge in [-0.05, 0) is 25.0 Å². The van der Waals surface area contributed by atoms with Gasteiger partial charge >= 0.3 is 0 Å². The van der Waals surface area contributed by atoms with Crippen molar-refractivity contribution in [1.82, 2.24) is 0 Å². The van der Waals surface area contributed by atoms with E-state index in [2.05, 4.69) is 21.0 Å². The van der Waals surface area contributed by atoms with Crippen LogP contribution in [0.15, 0.2) is 12.1 Å². The number of aldehydes is 1. The highest BCUT2D eigenvalue weighted by atomic mass is 35.5. The highest BCUT2D eigenvalue weighted by Gasteiger charge is 2.17. The zero-order valence-electron chi connectivity index (χ0n) is 19.0. The fourth-order valence-corrected chi connectivity index (χ4v) is 3.76. The number of rotatable bonds is 17. The molecule has 1 aromatic rings. The molecule has 166 valence electrons. The molecule has 0 bridgehead atoms. The van der Waals surface area contributed by atoms with Crippen LogP contribution in [0.3, 0.4) is 0 Å². The molecule has 0 aromatic heterocycles. The van der Waals surface area contributed by atoms with Crippen LogP contribution in [0.5, 0.6) is 11.5 Å². The molecule has 0 aliphatic heterocycles. The van der Waals surface area contributed by atoms with Crippen LogP contribution < -0.4 is 9.47 Å². The molecule has 29 heavy (non-hydrogen) atoms. The lowest BCUT2D eigenvalue weighted by molar-refractivity contribution is -0.890. The third kappa shape index (κ3) is 10.9. The number of methoxy groups -OCH3 is 1. The van der Waals surface area contributed by atoms with Crippen LogP contribution in [0.25, 0.3) is 0 Å². The molecule has 0 saturated heterocycles. The lowest BCUT2D eigenvalue weighted by Crippen LogP contribution is -2.43. The lowest BCUT2D eigenvalue weighted by Gasteiger charge is -2.30. The van der Waals surface area contributed by atoms with Gasteiger partial charge in [0.1, 0.15) is 19.4 Å². The average Bonchev–Trinajstić information content (AvgIpc) is 2.70. The number of nitrogens with zero attached hydrogens (tertiary/aromatic N) is 1. The summed E-state index contributed by atoms with van der Waals surface area (Å²) in [6, 6.07) is 3.26. The molecule has 0 heterocycles. The van der Waals surface area contributed by atoms with Crippen molar-refractivity contribution in [2.45, 2.75) is 71.1 Å². The summed E-state index contributed by atoms with van der Waals surface area (Å²) in [5.74, 6) is 1.01. The van der Waals surface area contributed by atoms with Gasteiger partial charge in [-0.3, -0.25) is 4.79 Å². The van der Waals surface area contributed by atoms with E-state index in [1.54, 1.807) is 19.2 Å². The van der Waals surface area contributed by atoms with Gasteiger partial charge < -0.3 is 14.0 Å². The summed E-state index contributed by atoms with van der Waals surface area (Å²) in [5.41, 5.74) is 0.483. The van der Waals surface area contributed by atoms with E-state index in [1.807, 2.05) is 0 Å². The van der Waals surface area contributed by atoms with E-state index in [-0.39, 0.29) is 0 Å². The summed E-state index contributed by atoms with van der Waals surface area (Å²) in [6.45, 7) is 4.87. The van der Waals surface area contributed by atoms with Crippen LogP contribution in [-0.4, -0.2) is 51.7 Å².